The molecule has 0 spiro atoms. The highest BCUT2D eigenvalue weighted by Gasteiger charge is 2.32. The minimum atomic E-state index is -0.255. The van der Waals surface area contributed by atoms with E-state index in [9.17, 15) is 4.79 Å². The van der Waals surface area contributed by atoms with E-state index in [2.05, 4.69) is 6.07 Å². The first-order chi connectivity index (χ1) is 8.67. The molecule has 5 heteroatoms. The molecule has 1 saturated heterocycles. The first kappa shape index (κ1) is 12.6. The molecule has 1 atom stereocenters. The van der Waals surface area contributed by atoms with Crippen LogP contribution in [0.3, 0.4) is 0 Å². The molecule has 1 aliphatic heterocycles. The van der Waals surface area contributed by atoms with Crippen LogP contribution in [0.5, 0.6) is 0 Å². The number of hydrogen-bond acceptors (Lipinski definition) is 4. The predicted octanol–water partition coefficient (Wildman–Crippen LogP) is 0.164. The van der Waals surface area contributed by atoms with Crippen LogP contribution in [0, 0.1) is 11.3 Å². The number of amides is 1. The molecule has 0 saturated carbocycles. The van der Waals surface area contributed by atoms with Crippen LogP contribution in [0.2, 0.25) is 0 Å². The summed E-state index contributed by atoms with van der Waals surface area (Å²) < 4.78 is 0. The number of nitrogens with two attached hydrogens (primary N) is 1. The van der Waals surface area contributed by atoms with Gasteiger partial charge >= 0.3 is 0 Å². The lowest BCUT2D eigenvalue weighted by Gasteiger charge is -2.38. The van der Waals surface area contributed by atoms with Gasteiger partial charge in [-0.15, -0.1) is 0 Å². The summed E-state index contributed by atoms with van der Waals surface area (Å²) in [6, 6.07) is 8.85. The Labute approximate surface area is 106 Å². The predicted molar refractivity (Wildman–Crippen MR) is 69.0 cm³/mol. The quantitative estimate of drug-likeness (QED) is 0.804. The third-order valence-electron chi connectivity index (χ3n) is 3.29. The van der Waals surface area contributed by atoms with Gasteiger partial charge in [0.25, 0.3) is 0 Å². The molecular weight excluding hydrogens is 228 g/mol. The molecular formula is C13H16N4O. The summed E-state index contributed by atoms with van der Waals surface area (Å²) in [4.78, 5) is 16.0. The summed E-state index contributed by atoms with van der Waals surface area (Å²) in [7, 11) is 1.91. The van der Waals surface area contributed by atoms with Crippen molar-refractivity contribution in [1.82, 2.24) is 4.90 Å². The number of nitrogens with zero attached hydrogens (tertiary/aromatic N) is 3. The molecule has 2 N–H and O–H groups in total. The highest BCUT2D eigenvalue weighted by Crippen LogP contribution is 2.19. The number of carbonyl (C=O) groups excluding carboxylic acids is 1. The van der Waals surface area contributed by atoms with Gasteiger partial charge < -0.3 is 10.6 Å². The van der Waals surface area contributed by atoms with Crippen molar-refractivity contribution in [2.45, 2.75) is 6.04 Å². The Kier molecular flexibility index (Phi) is 3.60. The van der Waals surface area contributed by atoms with Crippen molar-refractivity contribution in [2.75, 3.05) is 31.6 Å². The average molecular weight is 244 g/mol. The molecule has 1 fully saturated rings. The van der Waals surface area contributed by atoms with Crippen molar-refractivity contribution in [3.8, 4) is 6.07 Å². The van der Waals surface area contributed by atoms with Gasteiger partial charge in [0.05, 0.1) is 11.6 Å². The molecule has 1 heterocycles. The summed E-state index contributed by atoms with van der Waals surface area (Å²) in [6.45, 7) is 1.77. The Balaban J connectivity index is 2.22. The van der Waals surface area contributed by atoms with Gasteiger partial charge in [-0.1, -0.05) is 0 Å². The Morgan fingerprint density at radius 2 is 2.06 bits per heavy atom. The lowest BCUT2D eigenvalue weighted by molar-refractivity contribution is -0.124. The summed E-state index contributed by atoms with van der Waals surface area (Å²) >= 11 is 0. The van der Waals surface area contributed by atoms with Crippen LogP contribution in [0.1, 0.15) is 5.56 Å². The number of piperazine rings is 1. The van der Waals surface area contributed by atoms with Gasteiger partial charge in [0.1, 0.15) is 6.04 Å². The fraction of sp³-hybridized carbons (Fsp3) is 0.385. The molecule has 1 aliphatic rings. The fourth-order valence-corrected chi connectivity index (χ4v) is 2.15. The Morgan fingerprint density at radius 1 is 1.39 bits per heavy atom. The molecule has 1 aromatic rings. The van der Waals surface area contributed by atoms with Gasteiger partial charge in [0.15, 0.2) is 0 Å². The molecule has 94 valence electrons. The van der Waals surface area contributed by atoms with Crippen LogP contribution in [0.4, 0.5) is 5.69 Å². The average Bonchev–Trinajstić information content (AvgIpc) is 2.40. The normalized spacial score (nSPS) is 20.8. The smallest absolute Gasteiger partial charge is 0.245 e. The summed E-state index contributed by atoms with van der Waals surface area (Å²) in [6.07, 6.45) is 0. The van der Waals surface area contributed by atoms with Gasteiger partial charge in [-0.2, -0.15) is 5.26 Å². The second-order valence-electron chi connectivity index (χ2n) is 4.38. The maximum Gasteiger partial charge on any atom is 0.245 e. The Morgan fingerprint density at radius 3 is 2.61 bits per heavy atom. The maximum atomic E-state index is 12.3. The van der Waals surface area contributed by atoms with E-state index in [4.69, 9.17) is 11.0 Å². The lowest BCUT2D eigenvalue weighted by atomic mass is 10.1. The number of anilines is 1. The molecule has 0 bridgehead atoms. The molecule has 0 radical (unpaired) electrons. The second-order valence-corrected chi connectivity index (χ2v) is 4.38. The molecule has 5 nitrogen and oxygen atoms in total. The first-order valence-electron chi connectivity index (χ1n) is 5.89. The minimum Gasteiger partial charge on any atom is -0.328 e. The molecule has 2 rings (SSSR count). The lowest BCUT2D eigenvalue weighted by Crippen LogP contribution is -2.58. The van der Waals surface area contributed by atoms with Gasteiger partial charge in [-0.3, -0.25) is 9.69 Å². The van der Waals surface area contributed by atoms with Crippen molar-refractivity contribution < 1.29 is 4.79 Å². The number of hydrogen-bond donors (Lipinski definition) is 1. The zero-order chi connectivity index (χ0) is 13.1. The van der Waals surface area contributed by atoms with E-state index in [1.54, 1.807) is 29.2 Å². The van der Waals surface area contributed by atoms with Crippen molar-refractivity contribution in [3.05, 3.63) is 29.8 Å². The van der Waals surface area contributed by atoms with E-state index in [-0.39, 0.29) is 11.9 Å². The fourth-order valence-electron chi connectivity index (χ4n) is 2.15. The topological polar surface area (TPSA) is 73.4 Å². The molecule has 0 aromatic heterocycles. The Hall–Kier alpha value is -1.90. The maximum absolute atomic E-state index is 12.3. The SMILES string of the molecule is CN1CCN(c2ccc(C#N)cc2)C(=O)C1CN. The van der Waals surface area contributed by atoms with Crippen LogP contribution < -0.4 is 10.6 Å². The van der Waals surface area contributed by atoms with Crippen LogP contribution in [-0.2, 0) is 4.79 Å². The number of nitriles is 1. The monoisotopic (exact) mass is 244 g/mol. The largest absolute Gasteiger partial charge is 0.328 e. The molecule has 1 unspecified atom stereocenters. The zero-order valence-electron chi connectivity index (χ0n) is 10.3. The third kappa shape index (κ3) is 2.21. The second kappa shape index (κ2) is 5.17. The van der Waals surface area contributed by atoms with Crippen LogP contribution in [0.15, 0.2) is 24.3 Å². The van der Waals surface area contributed by atoms with E-state index in [1.807, 2.05) is 11.9 Å². The zero-order valence-corrected chi connectivity index (χ0v) is 10.3. The van der Waals surface area contributed by atoms with Crippen molar-refractivity contribution in [2.24, 2.45) is 5.73 Å². The van der Waals surface area contributed by atoms with Crippen molar-refractivity contribution in [3.63, 3.8) is 0 Å². The summed E-state index contributed by atoms with van der Waals surface area (Å²) in [5.74, 6) is 0.0240. The van der Waals surface area contributed by atoms with Crippen LogP contribution in [0.25, 0.3) is 0 Å². The van der Waals surface area contributed by atoms with E-state index >= 15 is 0 Å². The van der Waals surface area contributed by atoms with Gasteiger partial charge in [-0.25, -0.2) is 0 Å². The van der Waals surface area contributed by atoms with Gasteiger partial charge in [0, 0.05) is 25.3 Å². The summed E-state index contributed by atoms with van der Waals surface area (Å²) in [5.41, 5.74) is 7.06. The molecule has 0 aliphatic carbocycles. The number of rotatable bonds is 2. The van der Waals surface area contributed by atoms with E-state index in [0.717, 1.165) is 12.2 Å². The minimum absolute atomic E-state index is 0.0240. The van der Waals surface area contributed by atoms with E-state index in [1.165, 1.54) is 0 Å². The van der Waals surface area contributed by atoms with Gasteiger partial charge in [0.2, 0.25) is 5.91 Å². The van der Waals surface area contributed by atoms with Crippen molar-refractivity contribution >= 4 is 11.6 Å². The molecule has 1 amide bonds. The Bertz CT molecular complexity index is 477. The van der Waals surface area contributed by atoms with Crippen LogP contribution >= 0.6 is 0 Å². The highest BCUT2D eigenvalue weighted by molar-refractivity contribution is 5.98. The third-order valence-corrected chi connectivity index (χ3v) is 3.29. The number of benzene rings is 1. The number of carbonyl (C=O) groups is 1. The molecule has 18 heavy (non-hydrogen) atoms. The number of likely N-dealkylation sites (N-methyl/N-ethyl adjacent to an activating group) is 1. The van der Waals surface area contributed by atoms with E-state index < -0.39 is 0 Å². The summed E-state index contributed by atoms with van der Waals surface area (Å²) in [5, 5.41) is 8.75. The van der Waals surface area contributed by atoms with Crippen molar-refractivity contribution in [1.29, 1.82) is 5.26 Å². The standard InChI is InChI=1S/C13H16N4O/c1-16-6-7-17(13(18)12(16)9-15)11-4-2-10(8-14)3-5-11/h2-5,12H,6-7,9,15H2,1H3. The first-order valence-corrected chi connectivity index (χ1v) is 5.89. The molecule has 1 aromatic carbocycles. The van der Waals surface area contributed by atoms with Gasteiger partial charge in [-0.05, 0) is 31.3 Å². The highest BCUT2D eigenvalue weighted by atomic mass is 16.2. The van der Waals surface area contributed by atoms with E-state index in [0.29, 0.717) is 18.7 Å². The van der Waals surface area contributed by atoms with Crippen LogP contribution in [-0.4, -0.2) is 43.5 Å².